The molecule has 0 fully saturated rings. The lowest BCUT2D eigenvalue weighted by atomic mass is 9.95. The van der Waals surface area contributed by atoms with Gasteiger partial charge >= 0.3 is 0 Å². The first-order chi connectivity index (χ1) is 11.8. The minimum absolute atomic E-state index is 0.134. The largest absolute Gasteiger partial charge is 0.482 e. The Morgan fingerprint density at radius 2 is 2.04 bits per heavy atom. The maximum Gasteiger partial charge on any atom is 0.258 e. The lowest BCUT2D eigenvalue weighted by Gasteiger charge is -2.24. The van der Waals surface area contributed by atoms with Gasteiger partial charge in [0.05, 0.1) is 12.1 Å². The second-order valence-electron chi connectivity index (χ2n) is 5.57. The number of nitrogens with one attached hydrogen (secondary N) is 1. The summed E-state index contributed by atoms with van der Waals surface area (Å²) in [4.78, 5) is 11.8. The van der Waals surface area contributed by atoms with Crippen LogP contribution < -0.4 is 10.1 Å². The third kappa shape index (κ3) is 4.75. The monoisotopic (exact) mass is 346 g/mol. The Hall–Kier alpha value is -2.98. The van der Waals surface area contributed by atoms with Crippen LogP contribution in [0, 0.1) is 23.0 Å². The molecule has 0 heterocycles. The molecule has 2 aromatic rings. The van der Waals surface area contributed by atoms with Gasteiger partial charge in [-0.3, -0.25) is 4.79 Å². The van der Waals surface area contributed by atoms with E-state index >= 15 is 0 Å². The first-order valence-electron chi connectivity index (χ1n) is 7.40. The average molecular weight is 346 g/mol. The van der Waals surface area contributed by atoms with E-state index in [0.29, 0.717) is 6.07 Å². The normalized spacial score (nSPS) is 12.8. The van der Waals surface area contributed by atoms with E-state index in [0.717, 1.165) is 12.1 Å². The number of benzene rings is 2. The van der Waals surface area contributed by atoms with Gasteiger partial charge in [0.2, 0.25) is 0 Å². The van der Waals surface area contributed by atoms with Crippen molar-refractivity contribution in [3.05, 3.63) is 65.2 Å². The summed E-state index contributed by atoms with van der Waals surface area (Å²) in [6, 6.07) is 11.2. The van der Waals surface area contributed by atoms with Gasteiger partial charge in [-0.25, -0.2) is 8.78 Å². The number of rotatable bonds is 6. The van der Waals surface area contributed by atoms with Crippen LogP contribution >= 0.6 is 0 Å². The molecule has 1 unspecified atom stereocenters. The maximum absolute atomic E-state index is 13.8. The molecule has 0 bridgehead atoms. The molecule has 1 atom stereocenters. The van der Waals surface area contributed by atoms with E-state index in [2.05, 4.69) is 5.32 Å². The van der Waals surface area contributed by atoms with Crippen molar-refractivity contribution >= 4 is 5.91 Å². The highest BCUT2D eigenvalue weighted by Gasteiger charge is 2.27. The molecule has 0 spiro atoms. The number of nitrogens with zero attached hydrogens (tertiary/aromatic N) is 1. The van der Waals surface area contributed by atoms with E-state index in [4.69, 9.17) is 10.00 Å². The summed E-state index contributed by atoms with van der Waals surface area (Å²) in [6.45, 7) is 0.633. The predicted molar refractivity (Wildman–Crippen MR) is 85.6 cm³/mol. The van der Waals surface area contributed by atoms with E-state index in [1.807, 2.05) is 6.07 Å². The molecular formula is C18H16F2N2O3. The summed E-state index contributed by atoms with van der Waals surface area (Å²) >= 11 is 0. The molecule has 0 saturated carbocycles. The fraction of sp³-hybridized carbons (Fsp3) is 0.222. The van der Waals surface area contributed by atoms with Crippen LogP contribution in [-0.4, -0.2) is 24.2 Å². The topological polar surface area (TPSA) is 82.3 Å². The zero-order valence-corrected chi connectivity index (χ0v) is 13.4. The standard InChI is InChI=1S/C18H16F2N2O3/c1-18(24,14-7-6-13(19)8-15(14)20)11-22-17(23)10-25-16-5-3-2-4-12(16)9-21/h2-8,24H,10-11H2,1H3,(H,22,23). The van der Waals surface area contributed by atoms with Crippen LogP contribution in [0.1, 0.15) is 18.1 Å². The molecule has 5 nitrogen and oxygen atoms in total. The average Bonchev–Trinajstić information content (AvgIpc) is 2.58. The maximum atomic E-state index is 13.8. The minimum Gasteiger partial charge on any atom is -0.482 e. The van der Waals surface area contributed by atoms with Gasteiger partial charge in [0.1, 0.15) is 29.1 Å². The van der Waals surface area contributed by atoms with Crippen molar-refractivity contribution in [3.8, 4) is 11.8 Å². The Balaban J connectivity index is 1.94. The Bertz CT molecular complexity index is 816. The number of carbonyl (C=O) groups excluding carboxylic acids is 1. The van der Waals surface area contributed by atoms with Crippen LogP contribution in [0.15, 0.2) is 42.5 Å². The van der Waals surface area contributed by atoms with Gasteiger partial charge < -0.3 is 15.2 Å². The Morgan fingerprint density at radius 1 is 1.32 bits per heavy atom. The summed E-state index contributed by atoms with van der Waals surface area (Å²) < 4.78 is 32.0. The van der Waals surface area contributed by atoms with Crippen molar-refractivity contribution in [2.24, 2.45) is 0 Å². The van der Waals surface area contributed by atoms with Crippen molar-refractivity contribution in [2.45, 2.75) is 12.5 Å². The smallest absolute Gasteiger partial charge is 0.258 e. The Labute approximate surface area is 143 Å². The van der Waals surface area contributed by atoms with Gasteiger partial charge in [0.15, 0.2) is 6.61 Å². The van der Waals surface area contributed by atoms with E-state index in [9.17, 15) is 18.7 Å². The second-order valence-corrected chi connectivity index (χ2v) is 5.57. The van der Waals surface area contributed by atoms with Gasteiger partial charge in [-0.15, -0.1) is 0 Å². The van der Waals surface area contributed by atoms with Crippen molar-refractivity contribution < 1.29 is 23.4 Å². The SMILES string of the molecule is CC(O)(CNC(=O)COc1ccccc1C#N)c1ccc(F)cc1F. The van der Waals surface area contributed by atoms with Crippen LogP contribution in [0.2, 0.25) is 0 Å². The van der Waals surface area contributed by atoms with Crippen LogP contribution in [0.3, 0.4) is 0 Å². The lowest BCUT2D eigenvalue weighted by Crippen LogP contribution is -2.41. The zero-order valence-electron chi connectivity index (χ0n) is 13.4. The number of hydrogen-bond donors (Lipinski definition) is 2. The quantitative estimate of drug-likeness (QED) is 0.840. The van der Waals surface area contributed by atoms with Gasteiger partial charge in [-0.05, 0) is 25.1 Å². The van der Waals surface area contributed by atoms with Crippen LogP contribution in [0.5, 0.6) is 5.75 Å². The number of carbonyl (C=O) groups is 1. The zero-order chi connectivity index (χ0) is 18.4. The molecular weight excluding hydrogens is 330 g/mol. The number of nitriles is 1. The highest BCUT2D eigenvalue weighted by atomic mass is 19.1. The second kappa shape index (κ2) is 7.73. The van der Waals surface area contributed by atoms with Gasteiger partial charge in [0.25, 0.3) is 5.91 Å². The van der Waals surface area contributed by atoms with E-state index in [-0.39, 0.29) is 30.0 Å². The predicted octanol–water partition coefficient (Wildman–Crippen LogP) is 2.24. The molecule has 0 aliphatic carbocycles. The molecule has 0 aliphatic rings. The summed E-state index contributed by atoms with van der Waals surface area (Å²) in [5, 5.41) is 21.7. The molecule has 2 N–H and O–H groups in total. The molecule has 0 saturated heterocycles. The van der Waals surface area contributed by atoms with Crippen molar-refractivity contribution in [3.63, 3.8) is 0 Å². The molecule has 2 rings (SSSR count). The molecule has 0 radical (unpaired) electrons. The Kier molecular flexibility index (Phi) is 5.67. The van der Waals surface area contributed by atoms with E-state index < -0.39 is 23.1 Å². The van der Waals surface area contributed by atoms with Crippen LogP contribution in [-0.2, 0) is 10.4 Å². The van der Waals surface area contributed by atoms with Crippen molar-refractivity contribution in [1.82, 2.24) is 5.32 Å². The van der Waals surface area contributed by atoms with Crippen LogP contribution in [0.4, 0.5) is 8.78 Å². The summed E-state index contributed by atoms with van der Waals surface area (Å²) in [5.74, 6) is -1.96. The van der Waals surface area contributed by atoms with Gasteiger partial charge in [-0.2, -0.15) is 5.26 Å². The third-order valence-electron chi connectivity index (χ3n) is 3.51. The van der Waals surface area contributed by atoms with Gasteiger partial charge in [-0.1, -0.05) is 18.2 Å². The third-order valence-corrected chi connectivity index (χ3v) is 3.51. The number of hydrogen-bond acceptors (Lipinski definition) is 4. The molecule has 0 aliphatic heterocycles. The molecule has 130 valence electrons. The van der Waals surface area contributed by atoms with E-state index in [1.165, 1.54) is 6.92 Å². The lowest BCUT2D eigenvalue weighted by molar-refractivity contribution is -0.124. The Morgan fingerprint density at radius 3 is 2.72 bits per heavy atom. The molecule has 25 heavy (non-hydrogen) atoms. The van der Waals surface area contributed by atoms with Crippen LogP contribution in [0.25, 0.3) is 0 Å². The number of ether oxygens (including phenoxy) is 1. The number of para-hydroxylation sites is 1. The number of aliphatic hydroxyl groups is 1. The summed E-state index contributed by atoms with van der Waals surface area (Å²) in [7, 11) is 0. The molecule has 2 aromatic carbocycles. The summed E-state index contributed by atoms with van der Waals surface area (Å²) in [5.41, 5.74) is -1.57. The number of amides is 1. The molecule has 0 aromatic heterocycles. The first kappa shape index (κ1) is 18.4. The summed E-state index contributed by atoms with van der Waals surface area (Å²) in [6.07, 6.45) is 0. The minimum atomic E-state index is -1.72. The highest BCUT2D eigenvalue weighted by Crippen LogP contribution is 2.23. The molecule has 7 heteroatoms. The van der Waals surface area contributed by atoms with E-state index in [1.54, 1.807) is 24.3 Å². The first-order valence-corrected chi connectivity index (χ1v) is 7.40. The van der Waals surface area contributed by atoms with Crippen molar-refractivity contribution in [2.75, 3.05) is 13.2 Å². The molecule has 1 amide bonds. The fourth-order valence-corrected chi connectivity index (χ4v) is 2.17. The van der Waals surface area contributed by atoms with Crippen molar-refractivity contribution in [1.29, 1.82) is 5.26 Å². The van der Waals surface area contributed by atoms with Gasteiger partial charge in [0, 0.05) is 11.6 Å². The fourth-order valence-electron chi connectivity index (χ4n) is 2.17. The number of halogens is 2. The highest BCUT2D eigenvalue weighted by molar-refractivity contribution is 5.77.